The Labute approximate surface area is 185 Å². The Morgan fingerprint density at radius 1 is 1.13 bits per heavy atom. The van der Waals surface area contributed by atoms with Crippen LogP contribution in [-0.2, 0) is 9.59 Å². The molecule has 3 rings (SSSR count). The summed E-state index contributed by atoms with van der Waals surface area (Å²) in [6.07, 6.45) is 0.636. The van der Waals surface area contributed by atoms with E-state index in [9.17, 15) is 14.7 Å². The van der Waals surface area contributed by atoms with Gasteiger partial charge in [-0.25, -0.2) is 0 Å². The van der Waals surface area contributed by atoms with Crippen molar-refractivity contribution in [2.75, 3.05) is 6.54 Å². The van der Waals surface area contributed by atoms with Crippen molar-refractivity contribution in [3.8, 4) is 5.75 Å². The highest BCUT2D eigenvalue weighted by atomic mass is 35.5. The number of carbonyl (C=O) groups excluding carboxylic acids is 2. The van der Waals surface area contributed by atoms with Crippen molar-refractivity contribution in [3.05, 3.63) is 69.2 Å². The molecule has 1 fully saturated rings. The van der Waals surface area contributed by atoms with Crippen molar-refractivity contribution in [1.82, 2.24) is 4.90 Å². The highest BCUT2D eigenvalue weighted by molar-refractivity contribution is 6.46. The first-order chi connectivity index (χ1) is 14.2. The number of hydrogen-bond acceptors (Lipinski definition) is 4. The van der Waals surface area contributed by atoms with Gasteiger partial charge >= 0.3 is 0 Å². The first-order valence-electron chi connectivity index (χ1n) is 9.75. The zero-order valence-electron chi connectivity index (χ0n) is 17.0. The van der Waals surface area contributed by atoms with Crippen LogP contribution in [0.1, 0.15) is 44.4 Å². The van der Waals surface area contributed by atoms with Crippen LogP contribution in [0.25, 0.3) is 5.76 Å². The van der Waals surface area contributed by atoms with E-state index in [0.29, 0.717) is 34.9 Å². The molecule has 0 spiro atoms. The number of ketones is 1. The van der Waals surface area contributed by atoms with Crippen LogP contribution in [0, 0.1) is 0 Å². The Morgan fingerprint density at radius 2 is 1.87 bits per heavy atom. The molecule has 5 nitrogen and oxygen atoms in total. The fourth-order valence-corrected chi connectivity index (χ4v) is 3.83. The van der Waals surface area contributed by atoms with Crippen molar-refractivity contribution >= 4 is 40.7 Å². The van der Waals surface area contributed by atoms with Gasteiger partial charge in [-0.3, -0.25) is 9.59 Å². The smallest absolute Gasteiger partial charge is 0.295 e. The Kier molecular flexibility index (Phi) is 6.74. The van der Waals surface area contributed by atoms with Crippen LogP contribution < -0.4 is 4.74 Å². The fourth-order valence-electron chi connectivity index (χ4n) is 3.53. The summed E-state index contributed by atoms with van der Waals surface area (Å²) in [5, 5.41) is 11.6. The number of nitrogens with zero attached hydrogens (tertiary/aromatic N) is 1. The Hall–Kier alpha value is -2.50. The van der Waals surface area contributed by atoms with Crippen LogP contribution in [0.5, 0.6) is 5.75 Å². The maximum absolute atomic E-state index is 12.9. The van der Waals surface area contributed by atoms with Crippen LogP contribution in [-0.4, -0.2) is 34.3 Å². The summed E-state index contributed by atoms with van der Waals surface area (Å²) >= 11 is 12.1. The summed E-state index contributed by atoms with van der Waals surface area (Å²) in [5.74, 6) is -1.03. The van der Waals surface area contributed by atoms with Crippen LogP contribution in [0.2, 0.25) is 10.0 Å². The molecule has 30 heavy (non-hydrogen) atoms. The lowest BCUT2D eigenvalue weighted by atomic mass is 9.95. The number of likely N-dealkylation sites (tertiary alicyclic amines) is 1. The number of benzene rings is 2. The van der Waals surface area contributed by atoms with Crippen molar-refractivity contribution in [2.24, 2.45) is 0 Å². The molecule has 1 saturated heterocycles. The molecule has 2 aromatic rings. The molecule has 2 aromatic carbocycles. The van der Waals surface area contributed by atoms with E-state index in [4.69, 9.17) is 27.9 Å². The molecule has 0 bridgehead atoms. The minimum absolute atomic E-state index is 0.0218. The highest BCUT2D eigenvalue weighted by Crippen LogP contribution is 2.41. The van der Waals surface area contributed by atoms with Gasteiger partial charge in [-0.1, -0.05) is 42.3 Å². The summed E-state index contributed by atoms with van der Waals surface area (Å²) in [6.45, 7) is 6.14. The molecule has 7 heteroatoms. The number of aliphatic hydroxyl groups is 1. The van der Waals surface area contributed by atoms with E-state index in [1.165, 1.54) is 17.0 Å². The number of Topliss-reactive ketones (excluding diaryl/α,β-unsaturated/α-hetero) is 1. The summed E-state index contributed by atoms with van der Waals surface area (Å²) in [6, 6.07) is 11.1. The van der Waals surface area contributed by atoms with Gasteiger partial charge in [0.05, 0.1) is 27.8 Å². The van der Waals surface area contributed by atoms with Crippen LogP contribution in [0.3, 0.4) is 0 Å². The molecule has 1 amide bonds. The van der Waals surface area contributed by atoms with Gasteiger partial charge in [0.25, 0.3) is 11.7 Å². The van der Waals surface area contributed by atoms with Gasteiger partial charge in [-0.15, -0.1) is 0 Å². The predicted octanol–water partition coefficient (Wildman–Crippen LogP) is 5.61. The first kappa shape index (κ1) is 22.2. The van der Waals surface area contributed by atoms with Crippen molar-refractivity contribution in [1.29, 1.82) is 0 Å². The average Bonchev–Trinajstić information content (AvgIpc) is 2.94. The molecule has 158 valence electrons. The molecule has 1 aliphatic rings. The van der Waals surface area contributed by atoms with Crippen LogP contribution >= 0.6 is 23.2 Å². The quantitative estimate of drug-likeness (QED) is 0.354. The summed E-state index contributed by atoms with van der Waals surface area (Å²) in [4.78, 5) is 27.2. The lowest BCUT2D eigenvalue weighted by Gasteiger charge is -2.25. The molecule has 1 atom stereocenters. The van der Waals surface area contributed by atoms with Gasteiger partial charge in [0.2, 0.25) is 0 Å². The fraction of sp³-hybridized carbons (Fsp3) is 0.304. The first-order valence-corrected chi connectivity index (χ1v) is 10.5. The number of ether oxygens (including phenoxy) is 1. The zero-order valence-corrected chi connectivity index (χ0v) is 18.5. The molecule has 1 heterocycles. The monoisotopic (exact) mass is 447 g/mol. The number of rotatable bonds is 6. The maximum Gasteiger partial charge on any atom is 0.295 e. The zero-order chi connectivity index (χ0) is 22.0. The van der Waals surface area contributed by atoms with Crippen molar-refractivity contribution in [3.63, 3.8) is 0 Å². The lowest BCUT2D eigenvalue weighted by molar-refractivity contribution is -0.139. The molecule has 0 radical (unpaired) electrons. The third-order valence-electron chi connectivity index (χ3n) is 4.74. The molecular formula is C23H23Cl2NO4. The lowest BCUT2D eigenvalue weighted by Crippen LogP contribution is -2.30. The van der Waals surface area contributed by atoms with E-state index in [0.717, 1.165) is 0 Å². The second kappa shape index (κ2) is 9.11. The molecule has 0 aliphatic carbocycles. The number of aliphatic hydroxyl groups excluding tert-OH is 1. The molecule has 1 aliphatic heterocycles. The molecule has 1 N–H and O–H groups in total. The number of amides is 1. The summed E-state index contributed by atoms with van der Waals surface area (Å²) < 4.78 is 5.77. The predicted molar refractivity (Wildman–Crippen MR) is 118 cm³/mol. The van der Waals surface area contributed by atoms with E-state index in [-0.39, 0.29) is 22.5 Å². The van der Waals surface area contributed by atoms with E-state index in [1.807, 2.05) is 32.9 Å². The minimum Gasteiger partial charge on any atom is -0.507 e. The second-order valence-corrected chi connectivity index (χ2v) is 8.17. The van der Waals surface area contributed by atoms with E-state index < -0.39 is 17.7 Å². The molecular weight excluding hydrogens is 425 g/mol. The average molecular weight is 448 g/mol. The van der Waals surface area contributed by atoms with Gasteiger partial charge in [-0.05, 0) is 56.2 Å². The highest BCUT2D eigenvalue weighted by Gasteiger charge is 2.45. The van der Waals surface area contributed by atoms with E-state index in [1.54, 1.807) is 18.2 Å². The maximum atomic E-state index is 12.9. The Morgan fingerprint density at radius 3 is 2.50 bits per heavy atom. The summed E-state index contributed by atoms with van der Waals surface area (Å²) in [7, 11) is 0. The van der Waals surface area contributed by atoms with Crippen molar-refractivity contribution in [2.45, 2.75) is 39.3 Å². The standard InChI is InChI=1S/C23H23Cl2NO4/c1-4-10-26-20(14-6-5-7-16(11-14)30-13(2)3)19(22(28)23(26)29)21(27)15-8-9-17(24)18(25)12-15/h5-9,11-13,20,27H,4,10H2,1-3H3/b21-19-. The minimum atomic E-state index is -0.729. The number of halogens is 2. The van der Waals surface area contributed by atoms with Crippen molar-refractivity contribution < 1.29 is 19.4 Å². The third-order valence-corrected chi connectivity index (χ3v) is 5.48. The van der Waals surface area contributed by atoms with Gasteiger partial charge in [-0.2, -0.15) is 0 Å². The van der Waals surface area contributed by atoms with E-state index in [2.05, 4.69) is 0 Å². The van der Waals surface area contributed by atoms with Gasteiger partial charge in [0.1, 0.15) is 11.5 Å². The normalized spacial score (nSPS) is 18.3. The van der Waals surface area contributed by atoms with E-state index >= 15 is 0 Å². The number of carbonyl (C=O) groups is 2. The molecule has 1 unspecified atom stereocenters. The molecule has 0 aromatic heterocycles. The number of hydrogen-bond donors (Lipinski definition) is 1. The largest absolute Gasteiger partial charge is 0.507 e. The van der Waals surface area contributed by atoms with Crippen LogP contribution in [0.4, 0.5) is 0 Å². The van der Waals surface area contributed by atoms with Gasteiger partial charge in [0, 0.05) is 12.1 Å². The summed E-state index contributed by atoms with van der Waals surface area (Å²) in [5.41, 5.74) is 1.02. The second-order valence-electron chi connectivity index (χ2n) is 7.36. The Balaban J connectivity index is 2.17. The van der Waals surface area contributed by atoms with Gasteiger partial charge in [0.15, 0.2) is 0 Å². The topological polar surface area (TPSA) is 66.8 Å². The third kappa shape index (κ3) is 4.32. The Bertz CT molecular complexity index is 1020. The molecule has 0 saturated carbocycles. The van der Waals surface area contributed by atoms with Crippen LogP contribution in [0.15, 0.2) is 48.0 Å². The van der Waals surface area contributed by atoms with Gasteiger partial charge < -0.3 is 14.7 Å². The SMILES string of the molecule is CCCN1C(=O)C(=O)/C(=C(\O)c2ccc(Cl)c(Cl)c2)C1c1cccc(OC(C)C)c1.